The maximum atomic E-state index is 5.42. The fourth-order valence-corrected chi connectivity index (χ4v) is 1.31. The summed E-state index contributed by atoms with van der Waals surface area (Å²) in [5.74, 6) is 1.72. The Kier molecular flexibility index (Phi) is 1.78. The third kappa shape index (κ3) is 1.07. The summed E-state index contributed by atoms with van der Waals surface area (Å²) in [5.41, 5.74) is 0.964. The van der Waals surface area contributed by atoms with Crippen LogP contribution >= 0.6 is 0 Å². The van der Waals surface area contributed by atoms with Crippen molar-refractivity contribution in [3.05, 3.63) is 18.2 Å². The van der Waals surface area contributed by atoms with E-state index in [9.17, 15) is 0 Å². The number of nitrogens with one attached hydrogen (secondary N) is 1. The van der Waals surface area contributed by atoms with Crippen LogP contribution in [0.1, 0.15) is 0 Å². The van der Waals surface area contributed by atoms with E-state index in [1.807, 2.05) is 18.2 Å². The van der Waals surface area contributed by atoms with Crippen LogP contribution in [0.5, 0.6) is 11.5 Å². The van der Waals surface area contributed by atoms with Crippen LogP contribution in [0.15, 0.2) is 18.2 Å². The van der Waals surface area contributed by atoms with E-state index in [1.54, 1.807) is 7.11 Å². The van der Waals surface area contributed by atoms with E-state index in [-0.39, 0.29) is 0 Å². The summed E-state index contributed by atoms with van der Waals surface area (Å²) in [4.78, 5) is 0. The van der Waals surface area contributed by atoms with E-state index in [0.717, 1.165) is 30.3 Å². The van der Waals surface area contributed by atoms with Gasteiger partial charge in [0.25, 0.3) is 0 Å². The van der Waals surface area contributed by atoms with Gasteiger partial charge in [0.1, 0.15) is 23.8 Å². The molecule has 0 fully saturated rings. The van der Waals surface area contributed by atoms with Gasteiger partial charge in [-0.3, -0.25) is 0 Å². The van der Waals surface area contributed by atoms with Crippen LogP contribution in [0.25, 0.3) is 0 Å². The van der Waals surface area contributed by atoms with Gasteiger partial charge in [0.05, 0.1) is 7.11 Å². The Morgan fingerprint density at radius 1 is 1.50 bits per heavy atom. The van der Waals surface area contributed by atoms with Crippen molar-refractivity contribution in [3.8, 4) is 11.5 Å². The number of anilines is 1. The molecule has 0 amide bonds. The zero-order valence-electron chi connectivity index (χ0n) is 6.96. The number of fused-ring (bicyclic) bond motifs is 1. The lowest BCUT2D eigenvalue weighted by Gasteiger charge is -2.20. The molecule has 3 nitrogen and oxygen atoms in total. The summed E-state index contributed by atoms with van der Waals surface area (Å²) in [7, 11) is 1.66. The number of para-hydroxylation sites is 1. The molecule has 0 unspecified atom stereocenters. The van der Waals surface area contributed by atoms with Crippen LogP contribution in [0, 0.1) is 0 Å². The summed E-state index contributed by atoms with van der Waals surface area (Å²) in [6.07, 6.45) is 0. The zero-order chi connectivity index (χ0) is 8.39. The van der Waals surface area contributed by atoms with Crippen molar-refractivity contribution in [1.29, 1.82) is 0 Å². The predicted octanol–water partition coefficient (Wildman–Crippen LogP) is 1.50. The second-order valence-corrected chi connectivity index (χ2v) is 2.61. The molecule has 0 aromatic heterocycles. The minimum Gasteiger partial charge on any atom is -0.494 e. The van der Waals surface area contributed by atoms with E-state index in [4.69, 9.17) is 9.47 Å². The summed E-state index contributed by atoms with van der Waals surface area (Å²) < 4.78 is 10.6. The van der Waals surface area contributed by atoms with Crippen LogP contribution in [-0.2, 0) is 0 Å². The van der Waals surface area contributed by atoms with Gasteiger partial charge in [0.2, 0.25) is 0 Å². The molecule has 1 aromatic carbocycles. The van der Waals surface area contributed by atoms with Gasteiger partial charge in [-0.15, -0.1) is 0 Å². The van der Waals surface area contributed by atoms with Gasteiger partial charge in [0.15, 0.2) is 0 Å². The van der Waals surface area contributed by atoms with Gasteiger partial charge >= 0.3 is 0 Å². The quantitative estimate of drug-likeness (QED) is 0.684. The molecular weight excluding hydrogens is 154 g/mol. The number of ether oxygens (including phenoxy) is 2. The lowest BCUT2D eigenvalue weighted by molar-refractivity contribution is 0.319. The largest absolute Gasteiger partial charge is 0.494 e. The Hall–Kier alpha value is -1.38. The van der Waals surface area contributed by atoms with Crippen molar-refractivity contribution < 1.29 is 9.47 Å². The number of hydrogen-bond acceptors (Lipinski definition) is 3. The van der Waals surface area contributed by atoms with Gasteiger partial charge in [-0.05, 0) is 12.1 Å². The van der Waals surface area contributed by atoms with Crippen LogP contribution in [-0.4, -0.2) is 20.3 Å². The Morgan fingerprint density at radius 2 is 2.42 bits per heavy atom. The van der Waals surface area contributed by atoms with E-state index >= 15 is 0 Å². The first-order chi connectivity index (χ1) is 5.92. The molecule has 0 bridgehead atoms. The van der Waals surface area contributed by atoms with Crippen LogP contribution in [0.2, 0.25) is 0 Å². The molecule has 0 saturated carbocycles. The normalized spacial score (nSPS) is 14.1. The lowest BCUT2D eigenvalue weighted by Crippen LogP contribution is -2.18. The molecule has 64 valence electrons. The number of hydrogen-bond donors (Lipinski definition) is 1. The molecule has 2 rings (SSSR count). The highest BCUT2D eigenvalue weighted by Gasteiger charge is 2.12. The van der Waals surface area contributed by atoms with Gasteiger partial charge in [0, 0.05) is 6.54 Å². The fourth-order valence-electron chi connectivity index (χ4n) is 1.31. The predicted molar refractivity (Wildman–Crippen MR) is 47.0 cm³/mol. The Morgan fingerprint density at radius 3 is 3.25 bits per heavy atom. The lowest BCUT2D eigenvalue weighted by atomic mass is 10.2. The molecule has 1 aromatic rings. The summed E-state index contributed by atoms with van der Waals surface area (Å²) >= 11 is 0. The molecule has 1 aliphatic rings. The monoisotopic (exact) mass is 165 g/mol. The maximum absolute atomic E-state index is 5.42. The van der Waals surface area contributed by atoms with Crippen molar-refractivity contribution in [2.75, 3.05) is 25.6 Å². The molecule has 1 heterocycles. The van der Waals surface area contributed by atoms with Crippen molar-refractivity contribution >= 4 is 5.69 Å². The number of methoxy groups -OCH3 is 1. The zero-order valence-corrected chi connectivity index (χ0v) is 6.96. The van der Waals surface area contributed by atoms with Gasteiger partial charge < -0.3 is 14.8 Å². The first kappa shape index (κ1) is 7.28. The molecular formula is C9H11NO2. The van der Waals surface area contributed by atoms with Crippen molar-refractivity contribution in [3.63, 3.8) is 0 Å². The van der Waals surface area contributed by atoms with E-state index in [0.29, 0.717) is 0 Å². The molecule has 3 heteroatoms. The summed E-state index contributed by atoms with van der Waals surface area (Å²) in [6, 6.07) is 5.77. The minimum atomic E-state index is 0.722. The van der Waals surface area contributed by atoms with E-state index in [2.05, 4.69) is 5.32 Å². The van der Waals surface area contributed by atoms with Crippen LogP contribution < -0.4 is 14.8 Å². The Bertz CT molecular complexity index is 272. The third-order valence-electron chi connectivity index (χ3n) is 1.87. The van der Waals surface area contributed by atoms with Crippen LogP contribution in [0.3, 0.4) is 0 Å². The molecule has 0 radical (unpaired) electrons. The number of rotatable bonds is 1. The highest BCUT2D eigenvalue weighted by atomic mass is 16.5. The minimum absolute atomic E-state index is 0.722. The molecule has 0 aliphatic carbocycles. The molecule has 1 N–H and O–H groups in total. The smallest absolute Gasteiger partial charge is 0.146 e. The van der Waals surface area contributed by atoms with Gasteiger partial charge in [-0.1, -0.05) is 6.07 Å². The first-order valence-electron chi connectivity index (χ1n) is 3.95. The third-order valence-corrected chi connectivity index (χ3v) is 1.87. The van der Waals surface area contributed by atoms with Crippen molar-refractivity contribution in [2.45, 2.75) is 0 Å². The van der Waals surface area contributed by atoms with E-state index < -0.39 is 0 Å². The summed E-state index contributed by atoms with van der Waals surface area (Å²) in [6.45, 7) is 1.56. The second kappa shape index (κ2) is 2.93. The first-order valence-corrected chi connectivity index (χ1v) is 3.95. The average molecular weight is 165 g/mol. The van der Waals surface area contributed by atoms with Gasteiger partial charge in [-0.25, -0.2) is 0 Å². The fraction of sp³-hybridized carbons (Fsp3) is 0.333. The maximum Gasteiger partial charge on any atom is 0.146 e. The number of benzene rings is 1. The van der Waals surface area contributed by atoms with Crippen LogP contribution in [0.4, 0.5) is 5.69 Å². The SMILES string of the molecule is COc1cccc2c1NCCO2. The molecule has 0 spiro atoms. The Balaban J connectivity index is 2.44. The highest BCUT2D eigenvalue weighted by Crippen LogP contribution is 2.35. The molecule has 0 saturated heterocycles. The van der Waals surface area contributed by atoms with E-state index in [1.165, 1.54) is 0 Å². The second-order valence-electron chi connectivity index (χ2n) is 2.61. The molecule has 1 aliphatic heterocycles. The van der Waals surface area contributed by atoms with Crippen molar-refractivity contribution in [2.24, 2.45) is 0 Å². The highest BCUT2D eigenvalue weighted by molar-refractivity contribution is 5.66. The molecule has 0 atom stereocenters. The topological polar surface area (TPSA) is 30.5 Å². The van der Waals surface area contributed by atoms with Gasteiger partial charge in [-0.2, -0.15) is 0 Å². The van der Waals surface area contributed by atoms with Crippen molar-refractivity contribution in [1.82, 2.24) is 0 Å². The molecule has 12 heavy (non-hydrogen) atoms. The average Bonchev–Trinajstić information content (AvgIpc) is 2.17. The summed E-state index contributed by atoms with van der Waals surface area (Å²) in [5, 5.41) is 3.23. The standard InChI is InChI=1S/C9H11NO2/c1-11-7-3-2-4-8-9(7)10-5-6-12-8/h2-4,10H,5-6H2,1H3. The Labute approximate surface area is 71.3 Å².